The predicted octanol–water partition coefficient (Wildman–Crippen LogP) is 2.11. The van der Waals surface area contributed by atoms with Crippen molar-refractivity contribution >= 4 is 24.1 Å². The second-order valence-electron chi connectivity index (χ2n) is 2.00. The first-order valence-electron chi connectivity index (χ1n) is 3.49. The normalized spacial score (nSPS) is 24.0. The molecule has 4 heteroatoms. The molecule has 0 aromatic heterocycles. The van der Waals surface area contributed by atoms with Crippen LogP contribution in [-0.4, -0.2) is 24.7 Å². The van der Waals surface area contributed by atoms with Crippen LogP contribution in [0.5, 0.6) is 0 Å². The maximum Gasteiger partial charge on any atom is 0.0622 e. The molecule has 2 rings (SSSR count). The minimum atomic E-state index is 0.963. The maximum absolute atomic E-state index is 4.86. The molecule has 2 nitrogen and oxygen atoms in total. The Bertz CT molecular complexity index is 46.9. The van der Waals surface area contributed by atoms with Crippen LogP contribution in [0.15, 0.2) is 0 Å². The van der Waals surface area contributed by atoms with Gasteiger partial charge in [-0.3, -0.25) is 0 Å². The molecule has 2 aliphatic rings. The summed E-state index contributed by atoms with van der Waals surface area (Å²) in [5.74, 6) is 2.39. The first-order valence-corrected chi connectivity index (χ1v) is 5.31. The van der Waals surface area contributed by atoms with E-state index in [9.17, 15) is 0 Å². The minimum absolute atomic E-state index is 0.963. The van der Waals surface area contributed by atoms with Crippen LogP contribution in [0.25, 0.3) is 0 Å². The van der Waals surface area contributed by atoms with Gasteiger partial charge in [-0.2, -0.15) is 0 Å². The Labute approximate surface area is 70.4 Å². The van der Waals surface area contributed by atoms with E-state index in [1.165, 1.54) is 24.3 Å². The molecule has 0 saturated carbocycles. The minimum Gasteiger partial charge on any atom is -0.315 e. The Morgan fingerprint density at radius 1 is 0.800 bits per heavy atom. The van der Waals surface area contributed by atoms with Crippen molar-refractivity contribution in [3.63, 3.8) is 0 Å². The summed E-state index contributed by atoms with van der Waals surface area (Å²) in [5, 5.41) is 0. The van der Waals surface area contributed by atoms with Crippen molar-refractivity contribution in [2.75, 3.05) is 24.7 Å². The largest absolute Gasteiger partial charge is 0.315 e. The number of hydrogen-bond donors (Lipinski definition) is 0. The highest BCUT2D eigenvalue weighted by Crippen LogP contribution is 2.12. The third kappa shape index (κ3) is 4.44. The second kappa shape index (κ2) is 6.34. The molecule has 0 bridgehead atoms. The maximum atomic E-state index is 4.86. The molecule has 60 valence electrons. The van der Waals surface area contributed by atoms with E-state index in [0.29, 0.717) is 0 Å². The first-order chi connectivity index (χ1) is 5.00. The molecular weight excluding hydrogens is 168 g/mol. The van der Waals surface area contributed by atoms with E-state index >= 15 is 0 Å². The van der Waals surface area contributed by atoms with E-state index in [4.69, 9.17) is 8.37 Å². The van der Waals surface area contributed by atoms with Crippen molar-refractivity contribution < 1.29 is 8.37 Å². The van der Waals surface area contributed by atoms with Crippen molar-refractivity contribution in [3.05, 3.63) is 0 Å². The smallest absolute Gasteiger partial charge is 0.0622 e. The topological polar surface area (TPSA) is 18.5 Å². The molecule has 0 atom stereocenters. The highest BCUT2D eigenvalue weighted by molar-refractivity contribution is 7.95. The molecule has 2 aliphatic heterocycles. The molecule has 0 radical (unpaired) electrons. The van der Waals surface area contributed by atoms with Crippen LogP contribution in [0.4, 0.5) is 0 Å². The molecule has 0 spiro atoms. The summed E-state index contributed by atoms with van der Waals surface area (Å²) >= 11 is 3.15. The van der Waals surface area contributed by atoms with Gasteiger partial charge in [0.15, 0.2) is 0 Å². The van der Waals surface area contributed by atoms with Crippen LogP contribution in [0.1, 0.15) is 12.8 Å². The summed E-state index contributed by atoms with van der Waals surface area (Å²) in [6, 6.07) is 0. The molecule has 0 amide bonds. The summed E-state index contributed by atoms with van der Waals surface area (Å²) in [4.78, 5) is 0. The standard InChI is InChI=1S/2C3H6OS/c2*1-2-4-5-3-1/h2*1-3H2. The van der Waals surface area contributed by atoms with Crippen LogP contribution in [0.3, 0.4) is 0 Å². The highest BCUT2D eigenvalue weighted by atomic mass is 32.2. The summed E-state index contributed by atoms with van der Waals surface area (Å²) in [6.45, 7) is 1.93. The molecule has 2 saturated heterocycles. The Balaban J connectivity index is 0.0000001000. The Kier molecular flexibility index (Phi) is 5.52. The fraction of sp³-hybridized carbons (Fsp3) is 1.00. The van der Waals surface area contributed by atoms with Gasteiger partial charge in [-0.15, -0.1) is 0 Å². The Morgan fingerprint density at radius 3 is 1.40 bits per heavy atom. The lowest BCUT2D eigenvalue weighted by Gasteiger charge is -1.74. The van der Waals surface area contributed by atoms with Crippen LogP contribution in [-0.2, 0) is 8.37 Å². The lowest BCUT2D eigenvalue weighted by molar-refractivity contribution is 0.404. The summed E-state index contributed by atoms with van der Waals surface area (Å²) in [7, 11) is 0. The third-order valence-corrected chi connectivity index (χ3v) is 2.65. The van der Waals surface area contributed by atoms with Gasteiger partial charge in [-0.25, -0.2) is 0 Å². The molecule has 0 N–H and O–H groups in total. The summed E-state index contributed by atoms with van der Waals surface area (Å²) < 4.78 is 9.72. The van der Waals surface area contributed by atoms with Crippen LogP contribution in [0, 0.1) is 0 Å². The SMILES string of the molecule is C1COSC1.C1COSC1. The van der Waals surface area contributed by atoms with E-state index in [2.05, 4.69) is 0 Å². The van der Waals surface area contributed by atoms with Crippen molar-refractivity contribution in [2.45, 2.75) is 12.8 Å². The van der Waals surface area contributed by atoms with Crippen molar-refractivity contribution in [1.82, 2.24) is 0 Å². The molecule has 0 aromatic rings. The van der Waals surface area contributed by atoms with E-state index in [0.717, 1.165) is 13.2 Å². The van der Waals surface area contributed by atoms with Crippen molar-refractivity contribution in [2.24, 2.45) is 0 Å². The Hall–Kier alpha value is 0.620. The van der Waals surface area contributed by atoms with Gasteiger partial charge in [0.1, 0.15) is 0 Å². The molecular formula is C6H12O2S2. The van der Waals surface area contributed by atoms with Gasteiger partial charge in [0, 0.05) is 11.5 Å². The van der Waals surface area contributed by atoms with Crippen LogP contribution < -0.4 is 0 Å². The fourth-order valence-corrected chi connectivity index (χ4v) is 1.77. The predicted molar refractivity (Wildman–Crippen MR) is 46.1 cm³/mol. The van der Waals surface area contributed by atoms with Gasteiger partial charge in [0.05, 0.1) is 13.2 Å². The van der Waals surface area contributed by atoms with Gasteiger partial charge in [0.25, 0.3) is 0 Å². The van der Waals surface area contributed by atoms with Crippen LogP contribution >= 0.6 is 24.1 Å². The third-order valence-electron chi connectivity index (χ3n) is 1.08. The van der Waals surface area contributed by atoms with Gasteiger partial charge >= 0.3 is 0 Å². The average molecular weight is 180 g/mol. The van der Waals surface area contributed by atoms with Gasteiger partial charge in [0.2, 0.25) is 0 Å². The molecule has 2 fully saturated rings. The first kappa shape index (κ1) is 8.71. The zero-order valence-corrected chi connectivity index (χ0v) is 7.51. The average Bonchev–Trinajstić information content (AvgIpc) is 2.67. The van der Waals surface area contributed by atoms with Gasteiger partial charge in [-0.05, 0) is 36.9 Å². The number of rotatable bonds is 0. The monoisotopic (exact) mass is 180 g/mol. The van der Waals surface area contributed by atoms with E-state index in [1.54, 1.807) is 24.1 Å². The molecule has 0 aliphatic carbocycles. The lowest BCUT2D eigenvalue weighted by Crippen LogP contribution is -1.69. The van der Waals surface area contributed by atoms with E-state index in [1.807, 2.05) is 0 Å². The zero-order valence-electron chi connectivity index (χ0n) is 5.88. The van der Waals surface area contributed by atoms with Crippen molar-refractivity contribution in [3.8, 4) is 0 Å². The fourth-order valence-electron chi connectivity index (χ4n) is 0.589. The van der Waals surface area contributed by atoms with E-state index < -0.39 is 0 Å². The quantitative estimate of drug-likeness (QED) is 0.531. The van der Waals surface area contributed by atoms with Crippen LogP contribution in [0.2, 0.25) is 0 Å². The Morgan fingerprint density at radius 2 is 1.30 bits per heavy atom. The zero-order chi connectivity index (χ0) is 7.07. The van der Waals surface area contributed by atoms with Gasteiger partial charge < -0.3 is 8.37 Å². The lowest BCUT2D eigenvalue weighted by atomic mass is 10.5. The molecule has 0 unspecified atom stereocenters. The second-order valence-corrected chi connectivity index (χ2v) is 3.75. The van der Waals surface area contributed by atoms with Crippen molar-refractivity contribution in [1.29, 1.82) is 0 Å². The summed E-state index contributed by atoms with van der Waals surface area (Å²) in [5.41, 5.74) is 0. The molecule has 10 heavy (non-hydrogen) atoms. The van der Waals surface area contributed by atoms with E-state index in [-0.39, 0.29) is 0 Å². The molecule has 2 heterocycles. The summed E-state index contributed by atoms with van der Waals surface area (Å²) in [6.07, 6.45) is 2.48. The highest BCUT2D eigenvalue weighted by Gasteiger charge is 1.96. The van der Waals surface area contributed by atoms with Gasteiger partial charge in [-0.1, -0.05) is 0 Å². The molecule has 0 aromatic carbocycles. The number of hydrogen-bond acceptors (Lipinski definition) is 4.